The Hall–Kier alpha value is -3.07. The van der Waals surface area contributed by atoms with Crippen LogP contribution in [0.1, 0.15) is 66.2 Å². The van der Waals surface area contributed by atoms with Gasteiger partial charge in [0.2, 0.25) is 0 Å². The topological polar surface area (TPSA) is 102 Å². The molecule has 3 rings (SSSR count). The molecule has 2 aromatic rings. The van der Waals surface area contributed by atoms with Gasteiger partial charge in [0.15, 0.2) is 0 Å². The predicted octanol–water partition coefficient (Wildman–Crippen LogP) is 4.47. The van der Waals surface area contributed by atoms with Crippen LogP contribution in [0.5, 0.6) is 5.75 Å². The van der Waals surface area contributed by atoms with Crippen LogP contribution >= 0.6 is 0 Å². The molecule has 8 nitrogen and oxygen atoms in total. The quantitative estimate of drug-likeness (QED) is 0.413. The first-order valence-corrected chi connectivity index (χ1v) is 13.1. The maximum absolute atomic E-state index is 13.2. The summed E-state index contributed by atoms with van der Waals surface area (Å²) < 4.78 is 39.1. The van der Waals surface area contributed by atoms with E-state index in [0.29, 0.717) is 36.7 Å². The Bertz CT molecular complexity index is 1090. The van der Waals surface area contributed by atoms with Crippen molar-refractivity contribution in [2.45, 2.75) is 50.3 Å². The number of likely N-dealkylation sites (tertiary alicyclic amines) is 1. The lowest BCUT2D eigenvalue weighted by Crippen LogP contribution is -2.32. The van der Waals surface area contributed by atoms with Crippen molar-refractivity contribution in [2.75, 3.05) is 31.5 Å². The smallest absolute Gasteiger partial charge is 0.338 e. The molecule has 1 heterocycles. The highest BCUT2D eigenvalue weighted by atomic mass is 32.2. The first kappa shape index (κ1) is 25.6. The van der Waals surface area contributed by atoms with Crippen LogP contribution < -0.4 is 9.46 Å². The maximum atomic E-state index is 13.2. The number of anilines is 1. The van der Waals surface area contributed by atoms with Crippen LogP contribution in [0.25, 0.3) is 0 Å². The molecule has 0 unspecified atom stereocenters. The minimum Gasteiger partial charge on any atom is -0.496 e. The SMILES string of the molecule is CCCCOC(=O)c1ccc(NS(=O)(=O)c2ccc(OC)c(C(=O)N3CCCCCC3)c2)cc1. The van der Waals surface area contributed by atoms with Gasteiger partial charge in [0.25, 0.3) is 15.9 Å². The molecular formula is C25H32N2O6S. The molecule has 0 spiro atoms. The molecule has 2 aromatic carbocycles. The average molecular weight is 489 g/mol. The van der Waals surface area contributed by atoms with E-state index in [0.717, 1.165) is 38.5 Å². The van der Waals surface area contributed by atoms with E-state index in [-0.39, 0.29) is 16.4 Å². The fraction of sp³-hybridized carbons (Fsp3) is 0.440. The van der Waals surface area contributed by atoms with Gasteiger partial charge in [0, 0.05) is 18.8 Å². The third kappa shape index (κ3) is 6.50. The number of unbranched alkanes of at least 4 members (excludes halogenated alkanes) is 1. The highest BCUT2D eigenvalue weighted by Gasteiger charge is 2.24. The van der Waals surface area contributed by atoms with E-state index in [1.807, 2.05) is 6.92 Å². The van der Waals surface area contributed by atoms with Crippen molar-refractivity contribution in [3.63, 3.8) is 0 Å². The van der Waals surface area contributed by atoms with Crippen LogP contribution in [-0.2, 0) is 14.8 Å². The normalized spacial score (nSPS) is 14.2. The van der Waals surface area contributed by atoms with Gasteiger partial charge in [-0.05, 0) is 61.7 Å². The van der Waals surface area contributed by atoms with Gasteiger partial charge in [0.05, 0.1) is 29.7 Å². The second kappa shape index (κ2) is 11.9. The summed E-state index contributed by atoms with van der Waals surface area (Å²) in [7, 11) is -2.52. The van der Waals surface area contributed by atoms with Gasteiger partial charge in [-0.2, -0.15) is 0 Å². The fourth-order valence-electron chi connectivity index (χ4n) is 3.75. The van der Waals surface area contributed by atoms with Crippen LogP contribution in [0.4, 0.5) is 5.69 Å². The molecule has 0 aliphatic carbocycles. The number of carbonyl (C=O) groups is 2. The molecule has 9 heteroatoms. The van der Waals surface area contributed by atoms with Crippen molar-refractivity contribution in [1.82, 2.24) is 4.90 Å². The number of esters is 1. The zero-order chi connectivity index (χ0) is 24.6. The Morgan fingerprint density at radius 1 is 1.00 bits per heavy atom. The molecule has 1 N–H and O–H groups in total. The molecule has 1 saturated heterocycles. The Labute approximate surface area is 201 Å². The van der Waals surface area contributed by atoms with Gasteiger partial charge in [-0.1, -0.05) is 26.2 Å². The molecular weight excluding hydrogens is 456 g/mol. The number of benzene rings is 2. The van der Waals surface area contributed by atoms with E-state index in [9.17, 15) is 18.0 Å². The number of rotatable bonds is 9. The zero-order valence-electron chi connectivity index (χ0n) is 19.7. The van der Waals surface area contributed by atoms with Gasteiger partial charge < -0.3 is 14.4 Å². The molecule has 0 aromatic heterocycles. The summed E-state index contributed by atoms with van der Waals surface area (Å²) in [6.07, 6.45) is 5.72. The third-order valence-electron chi connectivity index (χ3n) is 5.71. The lowest BCUT2D eigenvalue weighted by molar-refractivity contribution is 0.0499. The van der Waals surface area contributed by atoms with Crippen molar-refractivity contribution in [3.05, 3.63) is 53.6 Å². The van der Waals surface area contributed by atoms with E-state index in [1.165, 1.54) is 49.6 Å². The largest absolute Gasteiger partial charge is 0.496 e. The molecule has 1 amide bonds. The Morgan fingerprint density at radius 2 is 1.68 bits per heavy atom. The second-order valence-corrected chi connectivity index (χ2v) is 9.92. The number of carbonyl (C=O) groups excluding carboxylic acids is 2. The van der Waals surface area contributed by atoms with Gasteiger partial charge in [-0.25, -0.2) is 13.2 Å². The van der Waals surface area contributed by atoms with E-state index in [2.05, 4.69) is 4.72 Å². The number of hydrogen-bond acceptors (Lipinski definition) is 6. The summed E-state index contributed by atoms with van der Waals surface area (Å²) in [6, 6.07) is 10.3. The van der Waals surface area contributed by atoms with Crippen molar-refractivity contribution >= 4 is 27.6 Å². The molecule has 184 valence electrons. The lowest BCUT2D eigenvalue weighted by Gasteiger charge is -2.22. The van der Waals surface area contributed by atoms with Gasteiger partial charge >= 0.3 is 5.97 Å². The molecule has 0 atom stereocenters. The Morgan fingerprint density at radius 3 is 2.29 bits per heavy atom. The summed E-state index contributed by atoms with van der Waals surface area (Å²) in [4.78, 5) is 26.9. The maximum Gasteiger partial charge on any atom is 0.338 e. The number of methoxy groups -OCH3 is 1. The number of hydrogen-bond donors (Lipinski definition) is 1. The molecule has 1 aliphatic heterocycles. The van der Waals surface area contributed by atoms with Gasteiger partial charge in [0.1, 0.15) is 5.75 Å². The van der Waals surface area contributed by atoms with Crippen molar-refractivity contribution in [2.24, 2.45) is 0 Å². The van der Waals surface area contributed by atoms with E-state index >= 15 is 0 Å². The number of nitrogens with zero attached hydrogens (tertiary/aromatic N) is 1. The number of amides is 1. The molecule has 1 aliphatic rings. The Balaban J connectivity index is 1.77. The zero-order valence-corrected chi connectivity index (χ0v) is 20.5. The van der Waals surface area contributed by atoms with Crippen molar-refractivity contribution in [1.29, 1.82) is 0 Å². The molecule has 0 saturated carbocycles. The molecule has 1 fully saturated rings. The summed E-state index contributed by atoms with van der Waals surface area (Å²) in [5.41, 5.74) is 0.854. The minimum atomic E-state index is -3.98. The van der Waals surface area contributed by atoms with Crippen molar-refractivity contribution in [3.8, 4) is 5.75 Å². The summed E-state index contributed by atoms with van der Waals surface area (Å²) in [5, 5.41) is 0. The van der Waals surface area contributed by atoms with Gasteiger partial charge in [-0.15, -0.1) is 0 Å². The minimum absolute atomic E-state index is 0.0467. The highest BCUT2D eigenvalue weighted by molar-refractivity contribution is 7.92. The van der Waals surface area contributed by atoms with Gasteiger partial charge in [-0.3, -0.25) is 9.52 Å². The van der Waals surface area contributed by atoms with Crippen molar-refractivity contribution < 1.29 is 27.5 Å². The van der Waals surface area contributed by atoms with Crippen LogP contribution in [0.15, 0.2) is 47.4 Å². The summed E-state index contributed by atoms with van der Waals surface area (Å²) in [6.45, 7) is 3.64. The fourth-order valence-corrected chi connectivity index (χ4v) is 4.83. The number of ether oxygens (including phenoxy) is 2. The molecule has 0 radical (unpaired) electrons. The van der Waals surface area contributed by atoms with E-state index in [4.69, 9.17) is 9.47 Å². The highest BCUT2D eigenvalue weighted by Crippen LogP contribution is 2.26. The summed E-state index contributed by atoms with van der Waals surface area (Å²) in [5.74, 6) is -0.351. The first-order valence-electron chi connectivity index (χ1n) is 11.6. The standard InChI is InChI=1S/C25H32N2O6S/c1-3-4-17-33-25(29)19-9-11-20(12-10-19)26-34(30,31)21-13-14-23(32-2)22(18-21)24(28)27-15-7-5-6-8-16-27/h9-14,18,26H,3-8,15-17H2,1-2H3. The second-order valence-electron chi connectivity index (χ2n) is 8.24. The predicted molar refractivity (Wildman–Crippen MR) is 130 cm³/mol. The van der Waals surface area contributed by atoms with E-state index in [1.54, 1.807) is 4.90 Å². The van der Waals surface area contributed by atoms with E-state index < -0.39 is 16.0 Å². The summed E-state index contributed by atoms with van der Waals surface area (Å²) >= 11 is 0. The number of sulfonamides is 1. The molecule has 34 heavy (non-hydrogen) atoms. The van der Waals surface area contributed by atoms with Crippen LogP contribution in [0.2, 0.25) is 0 Å². The molecule has 0 bridgehead atoms. The lowest BCUT2D eigenvalue weighted by atomic mass is 10.1. The van der Waals surface area contributed by atoms with Crippen LogP contribution in [0.3, 0.4) is 0 Å². The monoisotopic (exact) mass is 488 g/mol. The third-order valence-corrected chi connectivity index (χ3v) is 7.09. The Kier molecular flexibility index (Phi) is 8.92. The number of nitrogens with one attached hydrogen (secondary N) is 1. The average Bonchev–Trinajstić information content (AvgIpc) is 3.13. The first-order chi connectivity index (χ1) is 16.4. The van der Waals surface area contributed by atoms with Crippen LogP contribution in [0, 0.1) is 0 Å². The van der Waals surface area contributed by atoms with Crippen LogP contribution in [-0.4, -0.2) is 52.0 Å².